The normalized spacial score (nSPS) is 18.1. The zero-order valence-electron chi connectivity index (χ0n) is 10.3. The molecule has 2 heterocycles. The molecule has 1 aliphatic rings. The first-order valence-electron chi connectivity index (χ1n) is 6.32. The molecule has 94 valence electrons. The lowest BCUT2D eigenvalue weighted by Crippen LogP contribution is -2.41. The Balaban J connectivity index is 1.75. The molecule has 0 aromatic carbocycles. The van der Waals surface area contributed by atoms with Crippen molar-refractivity contribution in [1.29, 1.82) is 0 Å². The summed E-state index contributed by atoms with van der Waals surface area (Å²) >= 11 is 1.73. The number of amides is 1. The van der Waals surface area contributed by atoms with Crippen LogP contribution in [-0.2, 0) is 4.79 Å². The number of nitrogens with zero attached hydrogens (tertiary/aromatic N) is 1. The van der Waals surface area contributed by atoms with Gasteiger partial charge in [-0.3, -0.25) is 4.79 Å². The van der Waals surface area contributed by atoms with Crippen LogP contribution in [0.3, 0.4) is 0 Å². The van der Waals surface area contributed by atoms with Gasteiger partial charge in [-0.05, 0) is 37.6 Å². The average Bonchev–Trinajstić information content (AvgIpc) is 2.90. The second-order valence-corrected chi connectivity index (χ2v) is 5.54. The van der Waals surface area contributed by atoms with E-state index < -0.39 is 0 Å². The van der Waals surface area contributed by atoms with Gasteiger partial charge in [-0.15, -0.1) is 11.3 Å². The monoisotopic (exact) mass is 252 g/mol. The zero-order valence-corrected chi connectivity index (χ0v) is 11.1. The van der Waals surface area contributed by atoms with Gasteiger partial charge in [0.15, 0.2) is 0 Å². The van der Waals surface area contributed by atoms with Crippen molar-refractivity contribution in [3.63, 3.8) is 0 Å². The number of hydrogen-bond acceptors (Lipinski definition) is 3. The maximum absolute atomic E-state index is 11.9. The fourth-order valence-corrected chi connectivity index (χ4v) is 2.89. The number of nitrogens with one attached hydrogen (secondary N) is 1. The van der Waals surface area contributed by atoms with Gasteiger partial charge in [-0.1, -0.05) is 6.07 Å². The molecule has 17 heavy (non-hydrogen) atoms. The fraction of sp³-hybridized carbons (Fsp3) is 0.615. The molecule has 0 spiro atoms. The van der Waals surface area contributed by atoms with Crippen molar-refractivity contribution >= 4 is 17.2 Å². The summed E-state index contributed by atoms with van der Waals surface area (Å²) in [5.41, 5.74) is 0. The van der Waals surface area contributed by atoms with Crippen molar-refractivity contribution in [3.8, 4) is 0 Å². The smallest absolute Gasteiger partial charge is 0.236 e. The van der Waals surface area contributed by atoms with Crippen LogP contribution in [-0.4, -0.2) is 30.4 Å². The Morgan fingerprint density at radius 1 is 1.47 bits per heavy atom. The predicted octanol–water partition coefficient (Wildman–Crippen LogP) is 2.41. The second kappa shape index (κ2) is 6.17. The van der Waals surface area contributed by atoms with E-state index in [0.717, 1.165) is 25.9 Å². The first kappa shape index (κ1) is 12.6. The number of carbonyl (C=O) groups is 1. The minimum Gasteiger partial charge on any atom is -0.342 e. The Bertz CT molecular complexity index is 344. The number of carbonyl (C=O) groups excluding carboxylic acids is 1. The van der Waals surface area contributed by atoms with E-state index in [0.29, 0.717) is 6.54 Å². The molecule has 4 heteroatoms. The van der Waals surface area contributed by atoms with Gasteiger partial charge in [0.25, 0.3) is 0 Å². The van der Waals surface area contributed by atoms with Crippen LogP contribution < -0.4 is 5.32 Å². The van der Waals surface area contributed by atoms with Gasteiger partial charge in [-0.2, -0.15) is 0 Å². The summed E-state index contributed by atoms with van der Waals surface area (Å²) in [6, 6.07) is 4.42. The Morgan fingerprint density at radius 2 is 2.24 bits per heavy atom. The highest BCUT2D eigenvalue weighted by Crippen LogP contribution is 2.17. The van der Waals surface area contributed by atoms with E-state index in [1.54, 1.807) is 11.3 Å². The van der Waals surface area contributed by atoms with E-state index in [2.05, 4.69) is 23.7 Å². The molecule has 0 aliphatic carbocycles. The van der Waals surface area contributed by atoms with Gasteiger partial charge in [0.1, 0.15) is 0 Å². The number of hydrogen-bond donors (Lipinski definition) is 1. The van der Waals surface area contributed by atoms with E-state index >= 15 is 0 Å². The summed E-state index contributed by atoms with van der Waals surface area (Å²) in [5.74, 6) is 0.244. The van der Waals surface area contributed by atoms with Crippen molar-refractivity contribution in [1.82, 2.24) is 10.2 Å². The molecule has 1 aliphatic heterocycles. The number of likely N-dealkylation sites (tertiary alicyclic amines) is 1. The minimum absolute atomic E-state index is 0.244. The summed E-state index contributed by atoms with van der Waals surface area (Å²) in [6.07, 6.45) is 3.58. The van der Waals surface area contributed by atoms with E-state index in [-0.39, 0.29) is 11.9 Å². The zero-order chi connectivity index (χ0) is 12.1. The Labute approximate surface area is 107 Å². The van der Waals surface area contributed by atoms with Crippen molar-refractivity contribution in [2.45, 2.75) is 32.2 Å². The number of thiophene rings is 1. The molecule has 1 aromatic rings. The molecule has 1 amide bonds. The molecule has 2 rings (SSSR count). The van der Waals surface area contributed by atoms with Gasteiger partial charge < -0.3 is 10.2 Å². The SMILES string of the molecule is C[C@H](NCC(=O)N1CCCCC1)c1cccs1. The van der Waals surface area contributed by atoms with Crippen molar-refractivity contribution < 1.29 is 4.79 Å². The van der Waals surface area contributed by atoms with Crippen LogP contribution >= 0.6 is 11.3 Å². The van der Waals surface area contributed by atoms with Crippen LogP contribution in [0.1, 0.15) is 37.1 Å². The summed E-state index contributed by atoms with van der Waals surface area (Å²) < 4.78 is 0. The van der Waals surface area contributed by atoms with Gasteiger partial charge in [0, 0.05) is 24.0 Å². The lowest BCUT2D eigenvalue weighted by molar-refractivity contribution is -0.131. The summed E-state index contributed by atoms with van der Waals surface area (Å²) in [6.45, 7) is 4.44. The van der Waals surface area contributed by atoms with Gasteiger partial charge in [0.2, 0.25) is 5.91 Å². The van der Waals surface area contributed by atoms with Crippen LogP contribution in [0, 0.1) is 0 Å². The van der Waals surface area contributed by atoms with Crippen LogP contribution in [0.4, 0.5) is 0 Å². The maximum atomic E-state index is 11.9. The van der Waals surface area contributed by atoms with E-state index in [9.17, 15) is 4.79 Å². The highest BCUT2D eigenvalue weighted by molar-refractivity contribution is 7.10. The summed E-state index contributed by atoms with van der Waals surface area (Å²) in [7, 11) is 0. The quantitative estimate of drug-likeness (QED) is 0.892. The van der Waals surface area contributed by atoms with Crippen LogP contribution in [0.5, 0.6) is 0 Å². The summed E-state index contributed by atoms with van der Waals surface area (Å²) in [4.78, 5) is 15.2. The van der Waals surface area contributed by atoms with E-state index in [1.807, 2.05) is 11.0 Å². The van der Waals surface area contributed by atoms with Gasteiger partial charge in [-0.25, -0.2) is 0 Å². The third-order valence-electron chi connectivity index (χ3n) is 3.24. The molecule has 1 aromatic heterocycles. The second-order valence-electron chi connectivity index (χ2n) is 4.56. The highest BCUT2D eigenvalue weighted by Gasteiger charge is 2.17. The van der Waals surface area contributed by atoms with E-state index in [1.165, 1.54) is 11.3 Å². The Kier molecular flexibility index (Phi) is 4.57. The molecule has 1 saturated heterocycles. The average molecular weight is 252 g/mol. The Morgan fingerprint density at radius 3 is 2.88 bits per heavy atom. The Hall–Kier alpha value is -0.870. The standard InChI is InChI=1S/C13H20N2OS/c1-11(12-6-5-9-17-12)14-10-13(16)15-7-3-2-4-8-15/h5-6,9,11,14H,2-4,7-8,10H2,1H3/t11-/m0/s1. The van der Waals surface area contributed by atoms with Crippen molar-refractivity contribution in [2.75, 3.05) is 19.6 Å². The largest absolute Gasteiger partial charge is 0.342 e. The molecule has 1 atom stereocenters. The molecular formula is C13H20N2OS. The van der Waals surface area contributed by atoms with Crippen LogP contribution in [0.2, 0.25) is 0 Å². The first-order valence-corrected chi connectivity index (χ1v) is 7.20. The van der Waals surface area contributed by atoms with Crippen molar-refractivity contribution in [2.24, 2.45) is 0 Å². The molecule has 3 nitrogen and oxygen atoms in total. The highest BCUT2D eigenvalue weighted by atomic mass is 32.1. The van der Waals surface area contributed by atoms with Crippen LogP contribution in [0.25, 0.3) is 0 Å². The molecular weight excluding hydrogens is 232 g/mol. The molecule has 1 N–H and O–H groups in total. The maximum Gasteiger partial charge on any atom is 0.236 e. The molecule has 0 unspecified atom stereocenters. The van der Waals surface area contributed by atoms with Crippen LogP contribution in [0.15, 0.2) is 17.5 Å². The van der Waals surface area contributed by atoms with E-state index in [4.69, 9.17) is 0 Å². The third kappa shape index (κ3) is 3.54. The predicted molar refractivity (Wildman–Crippen MR) is 71.2 cm³/mol. The molecule has 1 fully saturated rings. The topological polar surface area (TPSA) is 32.3 Å². The number of piperidine rings is 1. The summed E-state index contributed by atoms with van der Waals surface area (Å²) in [5, 5.41) is 5.37. The third-order valence-corrected chi connectivity index (χ3v) is 4.29. The fourth-order valence-electron chi connectivity index (χ4n) is 2.13. The van der Waals surface area contributed by atoms with Gasteiger partial charge in [0.05, 0.1) is 6.54 Å². The van der Waals surface area contributed by atoms with Gasteiger partial charge >= 0.3 is 0 Å². The minimum atomic E-state index is 0.244. The number of rotatable bonds is 4. The van der Waals surface area contributed by atoms with Crippen molar-refractivity contribution in [3.05, 3.63) is 22.4 Å². The molecule has 0 saturated carbocycles. The first-order chi connectivity index (χ1) is 8.27. The lowest BCUT2D eigenvalue weighted by Gasteiger charge is -2.27. The lowest BCUT2D eigenvalue weighted by atomic mass is 10.1. The molecule has 0 bridgehead atoms. The molecule has 0 radical (unpaired) electrons.